The normalized spacial score (nSPS) is 12.0. The fraction of sp³-hybridized carbons (Fsp3) is 0.286. The number of carboxylic acid groups (broad SMARTS) is 1. The molecule has 2 heterocycles. The fourth-order valence-corrected chi connectivity index (χ4v) is 5.15. The summed E-state index contributed by atoms with van der Waals surface area (Å²) in [5.41, 5.74) is 1.33. The first-order valence-electron chi connectivity index (χ1n) is 9.30. The summed E-state index contributed by atoms with van der Waals surface area (Å²) in [4.78, 5) is 13.2. The number of thiophene rings is 1. The molecular weight excluding hydrogens is 424 g/mol. The van der Waals surface area contributed by atoms with E-state index in [-0.39, 0.29) is 4.90 Å². The second kappa shape index (κ2) is 8.53. The molecule has 0 bridgehead atoms. The van der Waals surface area contributed by atoms with Gasteiger partial charge in [0.2, 0.25) is 0 Å². The molecule has 0 atom stereocenters. The zero-order valence-corrected chi connectivity index (χ0v) is 18.6. The van der Waals surface area contributed by atoms with Crippen LogP contribution in [0.5, 0.6) is 0 Å². The van der Waals surface area contributed by atoms with Gasteiger partial charge < -0.3 is 14.4 Å². The number of carbonyl (C=O) groups is 1. The van der Waals surface area contributed by atoms with E-state index in [9.17, 15) is 18.3 Å². The van der Waals surface area contributed by atoms with Gasteiger partial charge in [-0.05, 0) is 68.5 Å². The number of hydrogen-bond acceptors (Lipinski definition) is 5. The Hall–Kier alpha value is -2.78. The van der Waals surface area contributed by atoms with Crippen molar-refractivity contribution >= 4 is 33.1 Å². The largest absolute Gasteiger partial charge is 0.465 e. The van der Waals surface area contributed by atoms with Gasteiger partial charge in [0.1, 0.15) is 5.76 Å². The third-order valence-corrected chi connectivity index (χ3v) is 6.78. The molecule has 0 spiro atoms. The highest BCUT2D eigenvalue weighted by atomic mass is 32.2. The van der Waals surface area contributed by atoms with Crippen LogP contribution in [0.1, 0.15) is 26.3 Å². The summed E-state index contributed by atoms with van der Waals surface area (Å²) < 4.78 is 33.5. The first kappa shape index (κ1) is 21.9. The Morgan fingerprint density at radius 3 is 2.57 bits per heavy atom. The number of furan rings is 1. The van der Waals surface area contributed by atoms with Crippen LogP contribution in [0.2, 0.25) is 0 Å². The molecule has 1 aromatic carbocycles. The van der Waals surface area contributed by atoms with Gasteiger partial charge in [0.25, 0.3) is 10.0 Å². The van der Waals surface area contributed by atoms with E-state index in [4.69, 9.17) is 4.42 Å². The van der Waals surface area contributed by atoms with Gasteiger partial charge in [-0.25, -0.2) is 13.2 Å². The van der Waals surface area contributed by atoms with Crippen LogP contribution < -0.4 is 4.72 Å². The van der Waals surface area contributed by atoms with Crippen molar-refractivity contribution in [3.8, 4) is 11.3 Å². The quantitative estimate of drug-likeness (QED) is 0.522. The number of rotatable bonds is 7. The van der Waals surface area contributed by atoms with Crippen LogP contribution in [0.15, 0.2) is 62.7 Å². The molecule has 1 amide bonds. The van der Waals surface area contributed by atoms with Gasteiger partial charge in [0.05, 0.1) is 16.8 Å². The number of nitrogens with zero attached hydrogens (tertiary/aromatic N) is 1. The molecule has 7 nitrogen and oxygen atoms in total. The summed E-state index contributed by atoms with van der Waals surface area (Å²) >= 11 is 1.30. The second-order valence-electron chi connectivity index (χ2n) is 7.78. The SMILES string of the molecule is CC(C)(C)N(CCc1ccc(NS(=O)(=O)c2ccsc2)c(-c2ccco2)c1)C(=O)O. The van der Waals surface area contributed by atoms with Crippen molar-refractivity contribution in [2.75, 3.05) is 11.3 Å². The van der Waals surface area contributed by atoms with Crippen molar-refractivity contribution in [1.29, 1.82) is 0 Å². The predicted molar refractivity (Wildman–Crippen MR) is 117 cm³/mol. The predicted octanol–water partition coefficient (Wildman–Crippen LogP) is 5.13. The highest BCUT2D eigenvalue weighted by Crippen LogP contribution is 2.32. The van der Waals surface area contributed by atoms with Gasteiger partial charge >= 0.3 is 6.09 Å². The lowest BCUT2D eigenvalue weighted by atomic mass is 10.0. The molecule has 3 rings (SSSR count). The Labute approximate surface area is 180 Å². The standard InChI is InChI=1S/C21H24N2O5S2/c1-21(2,3)23(20(24)25)10-8-15-6-7-18(17(13-15)19-5-4-11-28-19)22-30(26,27)16-9-12-29-14-16/h4-7,9,11-14,22H,8,10H2,1-3H3,(H,24,25). The van der Waals surface area contributed by atoms with E-state index in [1.165, 1.54) is 22.5 Å². The Kier molecular flexibility index (Phi) is 6.23. The maximum Gasteiger partial charge on any atom is 0.407 e. The van der Waals surface area contributed by atoms with Crippen LogP contribution in [-0.2, 0) is 16.4 Å². The molecule has 2 N–H and O–H groups in total. The zero-order chi connectivity index (χ0) is 21.9. The molecule has 160 valence electrons. The third kappa shape index (κ3) is 5.03. The number of sulfonamides is 1. The van der Waals surface area contributed by atoms with Gasteiger partial charge in [-0.3, -0.25) is 4.72 Å². The van der Waals surface area contributed by atoms with E-state index < -0.39 is 21.7 Å². The summed E-state index contributed by atoms with van der Waals surface area (Å²) in [6, 6.07) is 10.3. The lowest BCUT2D eigenvalue weighted by Crippen LogP contribution is -2.45. The lowest BCUT2D eigenvalue weighted by Gasteiger charge is -2.33. The van der Waals surface area contributed by atoms with Gasteiger partial charge in [0, 0.05) is 23.0 Å². The molecule has 0 radical (unpaired) electrons. The third-order valence-electron chi connectivity index (χ3n) is 4.59. The van der Waals surface area contributed by atoms with Crippen molar-refractivity contribution < 1.29 is 22.7 Å². The molecule has 9 heteroatoms. The maximum absolute atomic E-state index is 12.7. The van der Waals surface area contributed by atoms with E-state index in [0.29, 0.717) is 30.0 Å². The number of anilines is 1. The first-order chi connectivity index (χ1) is 14.1. The molecule has 0 unspecified atom stereocenters. The van der Waals surface area contributed by atoms with Crippen LogP contribution in [0.3, 0.4) is 0 Å². The van der Waals surface area contributed by atoms with Crippen LogP contribution in [0.4, 0.5) is 10.5 Å². The number of nitrogens with one attached hydrogen (secondary N) is 1. The van der Waals surface area contributed by atoms with Crippen LogP contribution in [-0.4, -0.2) is 36.6 Å². The Balaban J connectivity index is 1.90. The molecule has 0 fully saturated rings. The summed E-state index contributed by atoms with van der Waals surface area (Å²) in [5.74, 6) is 0.519. The Bertz CT molecular complexity index is 1100. The molecule has 0 aliphatic rings. The van der Waals surface area contributed by atoms with E-state index in [0.717, 1.165) is 5.56 Å². The smallest absolute Gasteiger partial charge is 0.407 e. The molecule has 0 aliphatic carbocycles. The average Bonchev–Trinajstić information content (AvgIpc) is 3.35. The molecule has 30 heavy (non-hydrogen) atoms. The van der Waals surface area contributed by atoms with Crippen molar-refractivity contribution in [2.24, 2.45) is 0 Å². The van der Waals surface area contributed by atoms with Gasteiger partial charge in [0.15, 0.2) is 0 Å². The van der Waals surface area contributed by atoms with Crippen molar-refractivity contribution in [1.82, 2.24) is 4.90 Å². The minimum Gasteiger partial charge on any atom is -0.465 e. The first-order valence-corrected chi connectivity index (χ1v) is 11.7. The van der Waals surface area contributed by atoms with Crippen molar-refractivity contribution in [3.63, 3.8) is 0 Å². The maximum atomic E-state index is 12.7. The minimum absolute atomic E-state index is 0.198. The monoisotopic (exact) mass is 448 g/mol. The van der Waals surface area contributed by atoms with Crippen LogP contribution in [0.25, 0.3) is 11.3 Å². The number of hydrogen-bond donors (Lipinski definition) is 2. The summed E-state index contributed by atoms with van der Waals surface area (Å²) in [6.45, 7) is 5.85. The van der Waals surface area contributed by atoms with Gasteiger partial charge in [-0.2, -0.15) is 11.3 Å². The zero-order valence-electron chi connectivity index (χ0n) is 17.0. The van der Waals surface area contributed by atoms with E-state index in [1.807, 2.05) is 26.8 Å². The van der Waals surface area contributed by atoms with E-state index >= 15 is 0 Å². The summed E-state index contributed by atoms with van der Waals surface area (Å²) in [5, 5.41) is 12.8. The molecule has 0 aliphatic heterocycles. The fourth-order valence-electron chi connectivity index (χ4n) is 3.04. The van der Waals surface area contributed by atoms with Crippen molar-refractivity contribution in [2.45, 2.75) is 37.6 Å². The molecule has 0 saturated carbocycles. The minimum atomic E-state index is -3.72. The Morgan fingerprint density at radius 2 is 2.00 bits per heavy atom. The molecule has 2 aromatic heterocycles. The highest BCUT2D eigenvalue weighted by molar-refractivity contribution is 7.92. The molecule has 0 saturated heterocycles. The molecular formula is C21H24N2O5S2. The van der Waals surface area contributed by atoms with E-state index in [2.05, 4.69) is 4.72 Å². The lowest BCUT2D eigenvalue weighted by molar-refractivity contribution is 0.101. The summed E-state index contributed by atoms with van der Waals surface area (Å²) in [7, 11) is -3.72. The second-order valence-corrected chi connectivity index (χ2v) is 10.2. The van der Waals surface area contributed by atoms with Crippen LogP contribution >= 0.6 is 11.3 Å². The average molecular weight is 449 g/mol. The number of amides is 1. The van der Waals surface area contributed by atoms with E-state index in [1.54, 1.807) is 41.1 Å². The highest BCUT2D eigenvalue weighted by Gasteiger charge is 2.26. The van der Waals surface area contributed by atoms with Gasteiger partial charge in [-0.1, -0.05) is 6.07 Å². The summed E-state index contributed by atoms with van der Waals surface area (Å²) in [6.07, 6.45) is 1.02. The Morgan fingerprint density at radius 1 is 1.23 bits per heavy atom. The van der Waals surface area contributed by atoms with Gasteiger partial charge in [-0.15, -0.1) is 0 Å². The number of benzene rings is 1. The van der Waals surface area contributed by atoms with Crippen LogP contribution in [0, 0.1) is 0 Å². The van der Waals surface area contributed by atoms with Crippen molar-refractivity contribution in [3.05, 3.63) is 59.0 Å². The molecule has 3 aromatic rings. The topological polar surface area (TPSA) is 99.9 Å².